The number of carboxylic acid groups (broad SMARTS) is 1. The summed E-state index contributed by atoms with van der Waals surface area (Å²) in [4.78, 5) is 23.6. The van der Waals surface area contributed by atoms with E-state index in [1.165, 1.54) is 0 Å². The first kappa shape index (κ1) is 14.0. The summed E-state index contributed by atoms with van der Waals surface area (Å²) in [6.07, 6.45) is 0.710. The Kier molecular flexibility index (Phi) is 3.81. The summed E-state index contributed by atoms with van der Waals surface area (Å²) in [5.41, 5.74) is -0.658. The molecule has 1 saturated heterocycles. The van der Waals surface area contributed by atoms with Gasteiger partial charge in [-0.3, -0.25) is 0 Å². The highest BCUT2D eigenvalue weighted by Crippen LogP contribution is 2.29. The van der Waals surface area contributed by atoms with E-state index in [1.807, 2.05) is 0 Å². The van der Waals surface area contributed by atoms with Crippen LogP contribution in [0.2, 0.25) is 0 Å². The SMILES string of the molecule is C[C@@H]1CCCC[N+]1(C(=O)O)C(=O)OC(C)(C)C. The molecule has 1 N–H and O–H groups in total. The van der Waals surface area contributed by atoms with Crippen LogP contribution in [0.15, 0.2) is 0 Å². The molecule has 0 aliphatic carbocycles. The van der Waals surface area contributed by atoms with Crippen LogP contribution in [-0.4, -0.2) is 40.0 Å². The first-order valence-corrected chi connectivity index (χ1v) is 6.05. The summed E-state index contributed by atoms with van der Waals surface area (Å²) < 4.78 is 4.68. The molecule has 1 fully saturated rings. The average molecular weight is 244 g/mol. The number of carbonyl (C=O) groups excluding carboxylic acids is 1. The maximum absolute atomic E-state index is 12.2. The number of nitrogens with zero attached hydrogens (tertiary/aromatic N) is 1. The molecule has 2 atom stereocenters. The number of imide groups is 1. The highest BCUT2D eigenvalue weighted by atomic mass is 16.6. The van der Waals surface area contributed by atoms with E-state index in [0.717, 1.165) is 19.3 Å². The summed E-state index contributed by atoms with van der Waals surface area (Å²) >= 11 is 0. The molecule has 0 bridgehead atoms. The van der Waals surface area contributed by atoms with E-state index in [2.05, 4.69) is 0 Å². The highest BCUT2D eigenvalue weighted by molar-refractivity contribution is 5.75. The normalized spacial score (nSPS) is 29.8. The molecule has 1 aliphatic rings. The van der Waals surface area contributed by atoms with E-state index in [-0.39, 0.29) is 6.04 Å². The Bertz CT molecular complexity index is 321. The number of amides is 2. The van der Waals surface area contributed by atoms with Crippen molar-refractivity contribution in [1.29, 1.82) is 0 Å². The van der Waals surface area contributed by atoms with Crippen molar-refractivity contribution in [1.82, 2.24) is 0 Å². The average Bonchev–Trinajstić information content (AvgIpc) is 2.15. The molecule has 0 aromatic rings. The van der Waals surface area contributed by atoms with Crippen LogP contribution in [0, 0.1) is 0 Å². The number of rotatable bonds is 0. The number of quaternary nitrogens is 1. The van der Waals surface area contributed by atoms with Crippen molar-refractivity contribution in [2.45, 2.75) is 58.6 Å². The van der Waals surface area contributed by atoms with E-state index in [4.69, 9.17) is 4.74 Å². The third-order valence-electron chi connectivity index (χ3n) is 3.20. The van der Waals surface area contributed by atoms with Gasteiger partial charge in [-0.2, -0.15) is 9.59 Å². The minimum absolute atomic E-state index is 0.226. The van der Waals surface area contributed by atoms with Crippen LogP contribution in [0.3, 0.4) is 0 Å². The second kappa shape index (κ2) is 4.64. The third kappa shape index (κ3) is 2.77. The van der Waals surface area contributed by atoms with Gasteiger partial charge in [0.15, 0.2) is 0 Å². The first-order chi connectivity index (χ1) is 7.70. The predicted molar refractivity (Wildman–Crippen MR) is 62.7 cm³/mol. The predicted octanol–water partition coefficient (Wildman–Crippen LogP) is 2.99. The second-order valence-electron chi connectivity index (χ2n) is 5.70. The lowest BCUT2D eigenvalue weighted by Gasteiger charge is -2.38. The summed E-state index contributed by atoms with van der Waals surface area (Å²) in [6, 6.07) is -0.226. The summed E-state index contributed by atoms with van der Waals surface area (Å²) in [5.74, 6) is 0. The fourth-order valence-corrected chi connectivity index (χ4v) is 2.22. The number of likely N-dealkylation sites (tertiary alicyclic amines) is 1. The Morgan fingerprint density at radius 1 is 1.29 bits per heavy atom. The van der Waals surface area contributed by atoms with Gasteiger partial charge in [-0.25, -0.2) is 0 Å². The van der Waals surface area contributed by atoms with Crippen LogP contribution in [0.5, 0.6) is 0 Å². The molecule has 0 aromatic carbocycles. The minimum Gasteiger partial charge on any atom is -0.435 e. The largest absolute Gasteiger partial charge is 0.527 e. The zero-order chi connectivity index (χ0) is 13.3. The van der Waals surface area contributed by atoms with Crippen LogP contribution in [0.4, 0.5) is 9.59 Å². The van der Waals surface area contributed by atoms with Gasteiger partial charge in [-0.15, -0.1) is 4.48 Å². The molecule has 5 nitrogen and oxygen atoms in total. The van der Waals surface area contributed by atoms with E-state index in [0.29, 0.717) is 6.54 Å². The van der Waals surface area contributed by atoms with Gasteiger partial charge in [0.2, 0.25) is 0 Å². The monoisotopic (exact) mass is 244 g/mol. The van der Waals surface area contributed by atoms with Gasteiger partial charge >= 0.3 is 12.2 Å². The molecular weight excluding hydrogens is 222 g/mol. The number of hydrogen-bond donors (Lipinski definition) is 1. The van der Waals surface area contributed by atoms with E-state index >= 15 is 0 Å². The van der Waals surface area contributed by atoms with Gasteiger partial charge in [-0.1, -0.05) is 0 Å². The summed E-state index contributed by atoms with van der Waals surface area (Å²) in [5, 5.41) is 9.40. The Labute approximate surface area is 102 Å². The molecule has 98 valence electrons. The molecule has 0 aromatic heterocycles. The van der Waals surface area contributed by atoms with Gasteiger partial charge in [0.1, 0.15) is 11.6 Å². The number of ether oxygens (including phenoxy) is 1. The van der Waals surface area contributed by atoms with Crippen molar-refractivity contribution in [2.24, 2.45) is 0 Å². The summed E-state index contributed by atoms with van der Waals surface area (Å²) in [6.45, 7) is 7.37. The minimum atomic E-state index is -1.11. The van der Waals surface area contributed by atoms with Gasteiger partial charge in [0, 0.05) is 6.42 Å². The number of hydrogen-bond acceptors (Lipinski definition) is 3. The molecule has 2 amide bonds. The van der Waals surface area contributed by atoms with Gasteiger partial charge in [-0.05, 0) is 40.5 Å². The first-order valence-electron chi connectivity index (χ1n) is 6.05. The van der Waals surface area contributed by atoms with Crippen LogP contribution in [-0.2, 0) is 4.74 Å². The molecule has 17 heavy (non-hydrogen) atoms. The Morgan fingerprint density at radius 3 is 2.29 bits per heavy atom. The van der Waals surface area contributed by atoms with Crippen LogP contribution in [0.1, 0.15) is 47.0 Å². The quantitative estimate of drug-likeness (QED) is 0.665. The maximum atomic E-state index is 12.2. The Hall–Kier alpha value is -1.10. The summed E-state index contributed by atoms with van der Waals surface area (Å²) in [7, 11) is 0. The molecule has 5 heteroatoms. The van der Waals surface area contributed by atoms with Crippen molar-refractivity contribution >= 4 is 12.2 Å². The van der Waals surface area contributed by atoms with Crippen LogP contribution >= 0.6 is 0 Å². The second-order valence-corrected chi connectivity index (χ2v) is 5.70. The van der Waals surface area contributed by atoms with Gasteiger partial charge in [0.25, 0.3) is 0 Å². The lowest BCUT2D eigenvalue weighted by molar-refractivity contribution is -0.816. The van der Waals surface area contributed by atoms with Crippen molar-refractivity contribution in [2.75, 3.05) is 6.54 Å². The van der Waals surface area contributed by atoms with Gasteiger partial charge < -0.3 is 9.84 Å². The molecule has 1 unspecified atom stereocenters. The zero-order valence-corrected chi connectivity index (χ0v) is 11.0. The van der Waals surface area contributed by atoms with Crippen molar-refractivity contribution in [3.05, 3.63) is 0 Å². The van der Waals surface area contributed by atoms with E-state index < -0.39 is 22.3 Å². The Morgan fingerprint density at radius 2 is 1.88 bits per heavy atom. The fourth-order valence-electron chi connectivity index (χ4n) is 2.22. The molecule has 0 saturated carbocycles. The van der Waals surface area contributed by atoms with Crippen molar-refractivity contribution < 1.29 is 23.9 Å². The lowest BCUT2D eigenvalue weighted by Crippen LogP contribution is -2.64. The smallest absolute Gasteiger partial charge is 0.435 e. The van der Waals surface area contributed by atoms with E-state index in [9.17, 15) is 14.7 Å². The number of carbonyl (C=O) groups is 2. The molecule has 1 heterocycles. The lowest BCUT2D eigenvalue weighted by atomic mass is 10.0. The van der Waals surface area contributed by atoms with Crippen LogP contribution in [0.25, 0.3) is 0 Å². The Balaban J connectivity index is 2.99. The zero-order valence-electron chi connectivity index (χ0n) is 11.0. The third-order valence-corrected chi connectivity index (χ3v) is 3.20. The fraction of sp³-hybridized carbons (Fsp3) is 0.833. The molecule has 1 rings (SSSR count). The molecule has 0 spiro atoms. The molecule has 0 radical (unpaired) electrons. The topological polar surface area (TPSA) is 63.6 Å². The standard InChI is InChI=1S/C12H21NO4/c1-9-7-5-6-8-13(9,10(14)15)11(16)17-12(2,3)4/h9H,5-8H2,1-4H3/p+1/t9-,13?/m1/s1. The highest BCUT2D eigenvalue weighted by Gasteiger charge is 2.53. The molecule has 1 aliphatic heterocycles. The van der Waals surface area contributed by atoms with Crippen molar-refractivity contribution in [3.8, 4) is 0 Å². The number of piperidine rings is 1. The van der Waals surface area contributed by atoms with Crippen LogP contribution < -0.4 is 0 Å². The molecular formula is C12H22NO4+. The maximum Gasteiger partial charge on any atom is 0.527 e. The van der Waals surface area contributed by atoms with Gasteiger partial charge in [0.05, 0.1) is 6.54 Å². The van der Waals surface area contributed by atoms with E-state index in [1.54, 1.807) is 27.7 Å². The van der Waals surface area contributed by atoms with Crippen molar-refractivity contribution in [3.63, 3.8) is 0 Å².